The summed E-state index contributed by atoms with van der Waals surface area (Å²) in [6.07, 6.45) is 3.49. The second-order valence-electron chi connectivity index (χ2n) is 5.55. The van der Waals surface area contributed by atoms with E-state index in [1.165, 1.54) is 13.0 Å². The van der Waals surface area contributed by atoms with E-state index in [2.05, 4.69) is 22.5 Å². The Balaban J connectivity index is 1.79. The molecule has 2 atom stereocenters. The summed E-state index contributed by atoms with van der Waals surface area (Å²) >= 11 is 0. The van der Waals surface area contributed by atoms with Crippen LogP contribution in [0.3, 0.4) is 0 Å². The molecule has 4 nitrogen and oxygen atoms in total. The standard InChI is InChI=1S/C13H25N3O/c1-10-3-6-14-9-13(10)16-7-4-12(5-8-16)15-11(2)17/h10,12-14H,3-9H2,1-2H3,(H,15,17). The first-order valence-corrected chi connectivity index (χ1v) is 6.88. The van der Waals surface area contributed by atoms with Crippen molar-refractivity contribution in [1.82, 2.24) is 15.5 Å². The van der Waals surface area contributed by atoms with Gasteiger partial charge in [-0.25, -0.2) is 0 Å². The van der Waals surface area contributed by atoms with E-state index in [0.29, 0.717) is 12.1 Å². The van der Waals surface area contributed by atoms with Crippen molar-refractivity contribution >= 4 is 5.91 Å². The summed E-state index contributed by atoms with van der Waals surface area (Å²) in [6, 6.07) is 1.10. The smallest absolute Gasteiger partial charge is 0.217 e. The molecule has 0 spiro atoms. The zero-order valence-corrected chi connectivity index (χ0v) is 11.0. The van der Waals surface area contributed by atoms with Crippen LogP contribution in [0.1, 0.15) is 33.1 Å². The van der Waals surface area contributed by atoms with Gasteiger partial charge in [0.05, 0.1) is 0 Å². The van der Waals surface area contributed by atoms with Crippen LogP contribution in [0, 0.1) is 5.92 Å². The number of carbonyl (C=O) groups excluding carboxylic acids is 1. The Hall–Kier alpha value is -0.610. The van der Waals surface area contributed by atoms with Crippen molar-refractivity contribution in [2.45, 2.75) is 45.2 Å². The number of nitrogens with zero attached hydrogens (tertiary/aromatic N) is 1. The van der Waals surface area contributed by atoms with Gasteiger partial charge in [0.2, 0.25) is 5.91 Å². The summed E-state index contributed by atoms with van der Waals surface area (Å²) < 4.78 is 0. The van der Waals surface area contributed by atoms with Gasteiger partial charge < -0.3 is 10.6 Å². The molecule has 2 unspecified atom stereocenters. The summed E-state index contributed by atoms with van der Waals surface area (Å²) in [5.41, 5.74) is 0. The lowest BCUT2D eigenvalue weighted by Crippen LogP contribution is -2.54. The lowest BCUT2D eigenvalue weighted by molar-refractivity contribution is -0.120. The van der Waals surface area contributed by atoms with E-state index in [9.17, 15) is 4.79 Å². The maximum absolute atomic E-state index is 11.0. The molecule has 2 aliphatic heterocycles. The first kappa shape index (κ1) is 12.8. The number of likely N-dealkylation sites (tertiary alicyclic amines) is 1. The Morgan fingerprint density at radius 3 is 2.59 bits per heavy atom. The molecular weight excluding hydrogens is 214 g/mol. The normalized spacial score (nSPS) is 32.4. The average molecular weight is 239 g/mol. The van der Waals surface area contributed by atoms with Crippen molar-refractivity contribution in [2.75, 3.05) is 26.2 Å². The van der Waals surface area contributed by atoms with Crippen molar-refractivity contribution in [2.24, 2.45) is 5.92 Å². The van der Waals surface area contributed by atoms with E-state index >= 15 is 0 Å². The molecule has 0 saturated carbocycles. The molecule has 0 radical (unpaired) electrons. The van der Waals surface area contributed by atoms with E-state index in [4.69, 9.17) is 0 Å². The number of amides is 1. The molecule has 2 N–H and O–H groups in total. The van der Waals surface area contributed by atoms with Crippen molar-refractivity contribution in [1.29, 1.82) is 0 Å². The van der Waals surface area contributed by atoms with E-state index in [-0.39, 0.29) is 5.91 Å². The number of piperidine rings is 2. The van der Waals surface area contributed by atoms with E-state index in [0.717, 1.165) is 38.4 Å². The highest BCUT2D eigenvalue weighted by molar-refractivity contribution is 5.73. The number of hydrogen-bond donors (Lipinski definition) is 2. The molecule has 2 rings (SSSR count). The predicted octanol–water partition coefficient (Wildman–Crippen LogP) is 0.585. The van der Waals surface area contributed by atoms with Crippen LogP contribution in [0.2, 0.25) is 0 Å². The van der Waals surface area contributed by atoms with Crippen LogP contribution in [-0.2, 0) is 4.79 Å². The summed E-state index contributed by atoms with van der Waals surface area (Å²) in [4.78, 5) is 13.6. The lowest BCUT2D eigenvalue weighted by Gasteiger charge is -2.42. The third kappa shape index (κ3) is 3.42. The molecule has 2 aliphatic rings. The molecule has 2 fully saturated rings. The number of hydrogen-bond acceptors (Lipinski definition) is 3. The lowest BCUT2D eigenvalue weighted by atomic mass is 9.91. The summed E-state index contributed by atoms with van der Waals surface area (Å²) in [7, 11) is 0. The Kier molecular flexibility index (Phi) is 4.40. The number of nitrogens with one attached hydrogen (secondary N) is 2. The Bertz CT molecular complexity index is 261. The molecule has 2 heterocycles. The zero-order chi connectivity index (χ0) is 12.3. The molecule has 0 aliphatic carbocycles. The number of carbonyl (C=O) groups is 1. The molecule has 0 aromatic carbocycles. The molecular formula is C13H25N3O. The summed E-state index contributed by atoms with van der Waals surface area (Å²) in [5.74, 6) is 0.907. The van der Waals surface area contributed by atoms with E-state index in [1.54, 1.807) is 6.92 Å². The number of rotatable bonds is 2. The highest BCUT2D eigenvalue weighted by Gasteiger charge is 2.30. The Morgan fingerprint density at radius 2 is 2.00 bits per heavy atom. The average Bonchev–Trinajstić information content (AvgIpc) is 2.30. The van der Waals surface area contributed by atoms with Crippen LogP contribution < -0.4 is 10.6 Å². The topological polar surface area (TPSA) is 44.4 Å². The second-order valence-corrected chi connectivity index (χ2v) is 5.55. The summed E-state index contributed by atoms with van der Waals surface area (Å²) in [5, 5.41) is 6.53. The van der Waals surface area contributed by atoms with Crippen LogP contribution in [0.15, 0.2) is 0 Å². The molecule has 4 heteroatoms. The fraction of sp³-hybridized carbons (Fsp3) is 0.923. The van der Waals surface area contributed by atoms with Gasteiger partial charge in [0.25, 0.3) is 0 Å². The summed E-state index contributed by atoms with van der Waals surface area (Å²) in [6.45, 7) is 8.53. The molecule has 0 bridgehead atoms. The fourth-order valence-corrected chi connectivity index (χ4v) is 3.13. The maximum Gasteiger partial charge on any atom is 0.217 e. The largest absolute Gasteiger partial charge is 0.354 e. The van der Waals surface area contributed by atoms with Gasteiger partial charge in [-0.05, 0) is 31.7 Å². The SMILES string of the molecule is CC(=O)NC1CCN(C2CNCCC2C)CC1. The molecule has 17 heavy (non-hydrogen) atoms. The van der Waals surface area contributed by atoms with Gasteiger partial charge in [-0.1, -0.05) is 6.92 Å². The minimum Gasteiger partial charge on any atom is -0.354 e. The van der Waals surface area contributed by atoms with Gasteiger partial charge >= 0.3 is 0 Å². The quantitative estimate of drug-likeness (QED) is 0.741. The van der Waals surface area contributed by atoms with E-state index < -0.39 is 0 Å². The van der Waals surface area contributed by atoms with Crippen molar-refractivity contribution in [3.63, 3.8) is 0 Å². The highest BCUT2D eigenvalue weighted by Crippen LogP contribution is 2.21. The first-order chi connectivity index (χ1) is 8.16. The second kappa shape index (κ2) is 5.83. The van der Waals surface area contributed by atoms with Crippen LogP contribution >= 0.6 is 0 Å². The first-order valence-electron chi connectivity index (χ1n) is 6.88. The third-order valence-corrected chi connectivity index (χ3v) is 4.19. The van der Waals surface area contributed by atoms with Gasteiger partial charge in [0.1, 0.15) is 0 Å². The van der Waals surface area contributed by atoms with Gasteiger partial charge in [-0.3, -0.25) is 9.69 Å². The maximum atomic E-state index is 11.0. The van der Waals surface area contributed by atoms with Crippen LogP contribution in [0.25, 0.3) is 0 Å². The van der Waals surface area contributed by atoms with Crippen molar-refractivity contribution in [3.05, 3.63) is 0 Å². The van der Waals surface area contributed by atoms with Crippen LogP contribution in [0.5, 0.6) is 0 Å². The minimum absolute atomic E-state index is 0.108. The Morgan fingerprint density at radius 1 is 1.29 bits per heavy atom. The van der Waals surface area contributed by atoms with Crippen molar-refractivity contribution in [3.8, 4) is 0 Å². The van der Waals surface area contributed by atoms with Gasteiger partial charge in [-0.15, -0.1) is 0 Å². The minimum atomic E-state index is 0.108. The highest BCUT2D eigenvalue weighted by atomic mass is 16.1. The van der Waals surface area contributed by atoms with E-state index in [1.807, 2.05) is 0 Å². The Labute approximate surface area is 104 Å². The monoisotopic (exact) mass is 239 g/mol. The van der Waals surface area contributed by atoms with Crippen molar-refractivity contribution < 1.29 is 4.79 Å². The van der Waals surface area contributed by atoms with Gasteiger partial charge in [0, 0.05) is 38.6 Å². The fourth-order valence-electron chi connectivity index (χ4n) is 3.13. The molecule has 2 saturated heterocycles. The van der Waals surface area contributed by atoms with Crippen LogP contribution in [-0.4, -0.2) is 49.1 Å². The van der Waals surface area contributed by atoms with Gasteiger partial charge in [-0.2, -0.15) is 0 Å². The third-order valence-electron chi connectivity index (χ3n) is 4.19. The van der Waals surface area contributed by atoms with Crippen LogP contribution in [0.4, 0.5) is 0 Å². The molecule has 0 aromatic rings. The zero-order valence-electron chi connectivity index (χ0n) is 11.0. The predicted molar refractivity (Wildman–Crippen MR) is 68.9 cm³/mol. The van der Waals surface area contributed by atoms with Gasteiger partial charge in [0.15, 0.2) is 0 Å². The molecule has 98 valence electrons. The molecule has 1 amide bonds. The molecule has 0 aromatic heterocycles.